The number of phenols is 1. The molecule has 3 heterocycles. The number of nitrogens with two attached hydrogens (primary N) is 1. The molecule has 0 radical (unpaired) electrons. The number of phenolic OH excluding ortho intramolecular Hbond substituents is 1. The number of primary amides is 1. The number of hydrogen-bond acceptors (Lipinski definition) is 24. The fraction of sp³-hybridized carbons (Fsp3) is 0.678. The average molecular weight is 1710 g/mol. The van der Waals surface area contributed by atoms with Crippen LogP contribution in [0.4, 0.5) is 0 Å². The Bertz CT molecular complexity index is 3670. The van der Waals surface area contributed by atoms with Crippen LogP contribution in [-0.2, 0) is 108 Å². The highest BCUT2D eigenvalue weighted by Gasteiger charge is 2.36. The summed E-state index contributed by atoms with van der Waals surface area (Å²) in [6.07, 6.45) is 8.40. The minimum atomic E-state index is -1.75. The molecule has 2 saturated heterocycles. The number of para-hydroxylation sites is 1. The van der Waals surface area contributed by atoms with E-state index in [-0.39, 0.29) is 150 Å². The molecule has 2 aromatic carbocycles. The molecule has 34 nitrogen and oxygen atoms in total. The summed E-state index contributed by atoms with van der Waals surface area (Å²) in [4.78, 5) is 196. The van der Waals surface area contributed by atoms with Gasteiger partial charge in [-0.2, -0.15) is 0 Å². The molecule has 5 rings (SSSR count). The molecule has 3 aromatic rings. The van der Waals surface area contributed by atoms with E-state index in [0.29, 0.717) is 141 Å². The van der Waals surface area contributed by atoms with Gasteiger partial charge in [0.15, 0.2) is 5.78 Å². The second-order valence-corrected chi connectivity index (χ2v) is 31.5. The number of aromatic nitrogens is 1. The van der Waals surface area contributed by atoms with Crippen molar-refractivity contribution in [1.82, 2.24) is 51.6 Å². The number of ether oxygens (including phenoxy) is 6. The SMILES string of the molecule is CCC(=O)CN1CCCCN(C(=O)CCOCCOCCOC)CCCC[C@H](CCC(C)=O)C(=O)C1.COCCOCCOCCC(=O)N1CCCCC(CC(=O)CO)NC(=O)[C@H](CC(C)C)NC(=O)C(Cc2ccc(O)cc2)NC(=O)[C@H](CCC(N)=O)NC(=O)C(CO)NC(=O)[C@H](Cc2c[nH]c3ccccc23)NC(=O)C(CCC(C)=O)CCCC1. The van der Waals surface area contributed by atoms with E-state index in [1.54, 1.807) is 38.3 Å². The molecular formula is C87H137N11O23. The number of aromatic amines is 1. The van der Waals surface area contributed by atoms with Crippen molar-refractivity contribution >= 4 is 93.0 Å². The third-order valence-corrected chi connectivity index (χ3v) is 21.0. The zero-order valence-corrected chi connectivity index (χ0v) is 72.2. The Hall–Kier alpha value is -9.00. The Morgan fingerprint density at radius 2 is 0.975 bits per heavy atom. The van der Waals surface area contributed by atoms with Crippen LogP contribution in [0.1, 0.15) is 187 Å². The average Bonchev–Trinajstić information content (AvgIpc) is 1.59. The number of nitrogens with one attached hydrogen (secondary N) is 7. The molecule has 12 N–H and O–H groups in total. The number of aromatic hydroxyl groups is 1. The van der Waals surface area contributed by atoms with Gasteiger partial charge in [-0.05, 0) is 139 Å². The summed E-state index contributed by atoms with van der Waals surface area (Å²) in [5.74, 6) is -7.68. The largest absolute Gasteiger partial charge is 0.508 e. The fourth-order valence-electron chi connectivity index (χ4n) is 14.1. The molecule has 0 saturated carbocycles. The summed E-state index contributed by atoms with van der Waals surface area (Å²) in [5, 5.41) is 47.4. The summed E-state index contributed by atoms with van der Waals surface area (Å²) in [7, 11) is 3.19. The molecule has 4 unspecified atom stereocenters. The smallest absolute Gasteiger partial charge is 0.245 e. The standard InChI is InChI=1S/C60H89N9O16.C27H48N2O7/c1-38(2)31-49-57(79)63-43(34-45(74)36-70)12-8-10-25-69(54(76)23-26-84-29-30-85-28-27-83-4)24-9-7-11-41(18-15-39(3)72)55(77)65-51(33-42-35-62-47-14-6-5-13-46(42)47)59(81)68-52(37-71)60(82)64-48(21-22-53(61)75)56(78)67-50(58(80)66-49)32-40-16-19-44(73)20-17-40;1-4-25(31)21-28-13-7-8-15-29(27(33)12-16-35-19-20-36-18-17-34-3)14-6-5-9-24(26(32)22-28)11-10-23(2)30/h5-6,13-14,16-17,19-20,35,38,41,43,48-52,62,70-71,73H,7-12,15,18,21-34,36-37H2,1-4H3,(H2,61,75)(H,63,79)(H,64,82)(H,65,77)(H,66,80)(H,67,78)(H,68,81);24H,4-22H2,1-3H3/t41?,43?,48-,49-,50?,51-,52?;24-/m01/s1. The normalized spacial score (nSPS) is 20.8. The zero-order valence-electron chi connectivity index (χ0n) is 72.2. The number of amides is 9. The van der Waals surface area contributed by atoms with Gasteiger partial charge in [-0.1, -0.05) is 63.9 Å². The Kier molecular flexibility index (Phi) is 52.2. The molecule has 2 fully saturated rings. The van der Waals surface area contributed by atoms with E-state index >= 15 is 0 Å². The van der Waals surface area contributed by atoms with Crippen LogP contribution in [-0.4, -0.2) is 293 Å². The van der Waals surface area contributed by atoms with Crippen LogP contribution in [0.25, 0.3) is 10.9 Å². The van der Waals surface area contributed by atoms with Gasteiger partial charge in [0, 0.05) is 120 Å². The van der Waals surface area contributed by atoms with Gasteiger partial charge in [0.05, 0.1) is 98.6 Å². The molecule has 2 aliphatic heterocycles. The van der Waals surface area contributed by atoms with E-state index in [0.717, 1.165) is 36.6 Å². The lowest BCUT2D eigenvalue weighted by Crippen LogP contribution is -2.60. The van der Waals surface area contributed by atoms with E-state index in [9.17, 15) is 82.4 Å². The first-order chi connectivity index (χ1) is 58.1. The number of carbonyl (C=O) groups is 14. The highest BCUT2D eigenvalue weighted by atomic mass is 16.5. The second kappa shape index (κ2) is 60.5. The number of carbonyl (C=O) groups excluding carboxylic acids is 14. The number of fused-ring (bicyclic) bond motifs is 1. The predicted molar refractivity (Wildman–Crippen MR) is 451 cm³/mol. The monoisotopic (exact) mass is 1700 g/mol. The van der Waals surface area contributed by atoms with E-state index < -0.39 is 115 Å². The van der Waals surface area contributed by atoms with Crippen molar-refractivity contribution in [2.45, 2.75) is 225 Å². The number of hydrogen-bond donors (Lipinski definition) is 11. The highest BCUT2D eigenvalue weighted by molar-refractivity contribution is 5.98. The van der Waals surface area contributed by atoms with Crippen molar-refractivity contribution < 1.29 is 111 Å². The van der Waals surface area contributed by atoms with Crippen molar-refractivity contribution in [2.24, 2.45) is 23.5 Å². The molecule has 0 aliphatic carbocycles. The number of aliphatic hydroxyl groups excluding tert-OH is 2. The first kappa shape index (κ1) is 104. The second-order valence-electron chi connectivity index (χ2n) is 31.5. The number of benzene rings is 2. The van der Waals surface area contributed by atoms with E-state index in [1.807, 2.05) is 48.8 Å². The highest BCUT2D eigenvalue weighted by Crippen LogP contribution is 2.24. The maximum absolute atomic E-state index is 14.5. The number of aliphatic hydroxyl groups is 2. The molecule has 678 valence electrons. The lowest BCUT2D eigenvalue weighted by molar-refractivity contribution is -0.136. The maximum Gasteiger partial charge on any atom is 0.245 e. The van der Waals surface area contributed by atoms with Crippen LogP contribution in [0.2, 0.25) is 0 Å². The summed E-state index contributed by atoms with van der Waals surface area (Å²) < 4.78 is 32.0. The van der Waals surface area contributed by atoms with Gasteiger partial charge in [0.2, 0.25) is 53.2 Å². The van der Waals surface area contributed by atoms with Crippen LogP contribution >= 0.6 is 0 Å². The van der Waals surface area contributed by atoms with Crippen molar-refractivity contribution in [3.63, 3.8) is 0 Å². The maximum atomic E-state index is 14.5. The lowest BCUT2D eigenvalue weighted by atomic mass is 9.91. The summed E-state index contributed by atoms with van der Waals surface area (Å²) in [5.41, 5.74) is 7.31. The summed E-state index contributed by atoms with van der Waals surface area (Å²) >= 11 is 0. The number of rotatable bonds is 40. The van der Waals surface area contributed by atoms with Gasteiger partial charge in [-0.15, -0.1) is 0 Å². The topological polar surface area (TPSA) is 479 Å². The van der Waals surface area contributed by atoms with Gasteiger partial charge < -0.3 is 106 Å². The minimum Gasteiger partial charge on any atom is -0.508 e. The van der Waals surface area contributed by atoms with Gasteiger partial charge in [-0.3, -0.25) is 62.4 Å². The van der Waals surface area contributed by atoms with Gasteiger partial charge >= 0.3 is 0 Å². The molecular weight excluding hydrogens is 1570 g/mol. The minimum absolute atomic E-state index is 0.0440. The van der Waals surface area contributed by atoms with E-state index in [2.05, 4.69) is 36.9 Å². The van der Waals surface area contributed by atoms with E-state index in [1.165, 1.54) is 31.2 Å². The van der Waals surface area contributed by atoms with Crippen molar-refractivity contribution in [3.05, 3.63) is 65.9 Å². The molecule has 121 heavy (non-hydrogen) atoms. The molecule has 9 amide bonds. The number of Topliss-reactive ketones (excluding diaryl/α,β-unsaturated/α-hetero) is 5. The van der Waals surface area contributed by atoms with Crippen molar-refractivity contribution in [3.8, 4) is 5.75 Å². The van der Waals surface area contributed by atoms with Crippen molar-refractivity contribution in [2.75, 3.05) is 139 Å². The molecule has 0 spiro atoms. The Labute approximate surface area is 711 Å². The number of methoxy groups -OCH3 is 2. The van der Waals surface area contributed by atoms with Crippen LogP contribution in [0.3, 0.4) is 0 Å². The van der Waals surface area contributed by atoms with Crippen LogP contribution < -0.4 is 37.6 Å². The van der Waals surface area contributed by atoms with Gasteiger partial charge in [0.1, 0.15) is 65.7 Å². The van der Waals surface area contributed by atoms with Crippen LogP contribution in [0.15, 0.2) is 54.7 Å². The Morgan fingerprint density at radius 1 is 0.504 bits per heavy atom. The van der Waals surface area contributed by atoms with Crippen LogP contribution in [0, 0.1) is 17.8 Å². The lowest BCUT2D eigenvalue weighted by Gasteiger charge is -2.28. The number of ketones is 5. The van der Waals surface area contributed by atoms with Crippen LogP contribution in [0.5, 0.6) is 5.75 Å². The predicted octanol–water partition coefficient (Wildman–Crippen LogP) is 3.75. The Morgan fingerprint density at radius 3 is 1.52 bits per heavy atom. The summed E-state index contributed by atoms with van der Waals surface area (Å²) in [6, 6.07) is 4.73. The molecule has 34 heteroatoms. The van der Waals surface area contributed by atoms with Gasteiger partial charge in [0.25, 0.3) is 0 Å². The molecule has 1 aromatic heterocycles. The van der Waals surface area contributed by atoms with E-state index in [4.69, 9.17) is 34.2 Å². The Balaban J connectivity index is 0.000000711. The number of H-pyrrole nitrogens is 1. The fourth-order valence-corrected chi connectivity index (χ4v) is 14.1. The molecule has 0 bridgehead atoms. The third kappa shape index (κ3) is 43.6. The zero-order chi connectivity index (χ0) is 88.9. The number of nitrogens with zero attached hydrogens (tertiary/aromatic N) is 3. The summed E-state index contributed by atoms with van der Waals surface area (Å²) in [6.45, 7) is 13.5. The molecule has 8 atom stereocenters. The first-order valence-corrected chi connectivity index (χ1v) is 42.8. The third-order valence-electron chi connectivity index (χ3n) is 21.0. The quantitative estimate of drug-likeness (QED) is 0.0361. The first-order valence-electron chi connectivity index (χ1n) is 42.8. The molecule has 2 aliphatic rings. The van der Waals surface area contributed by atoms with Crippen molar-refractivity contribution in [1.29, 1.82) is 0 Å². The van der Waals surface area contributed by atoms with Gasteiger partial charge in [-0.25, -0.2) is 0 Å².